The molecule has 8 heteroatoms. The van der Waals surface area contributed by atoms with Crippen molar-refractivity contribution in [2.45, 2.75) is 19.4 Å². The lowest BCUT2D eigenvalue weighted by atomic mass is 9.99. The Kier molecular flexibility index (Phi) is 3.55. The number of hydrogen-bond acceptors (Lipinski definition) is 6. The first-order chi connectivity index (χ1) is 13.7. The third kappa shape index (κ3) is 2.41. The van der Waals surface area contributed by atoms with Crippen molar-refractivity contribution < 1.29 is 0 Å². The van der Waals surface area contributed by atoms with Gasteiger partial charge in [0.25, 0.3) is 0 Å². The maximum atomic E-state index is 9.15. The van der Waals surface area contributed by atoms with Gasteiger partial charge in [0.05, 0.1) is 28.8 Å². The molecule has 0 amide bonds. The van der Waals surface area contributed by atoms with E-state index >= 15 is 0 Å². The molecule has 0 unspecified atom stereocenters. The van der Waals surface area contributed by atoms with E-state index in [2.05, 4.69) is 45.0 Å². The van der Waals surface area contributed by atoms with Crippen LogP contribution in [0.3, 0.4) is 0 Å². The van der Waals surface area contributed by atoms with Crippen molar-refractivity contribution in [2.24, 2.45) is 0 Å². The van der Waals surface area contributed by atoms with Gasteiger partial charge in [0.1, 0.15) is 23.7 Å². The molecule has 4 aromatic heterocycles. The highest BCUT2D eigenvalue weighted by Gasteiger charge is 2.34. The Bertz CT molecular complexity index is 1230. The van der Waals surface area contributed by atoms with Crippen molar-refractivity contribution >= 4 is 17.2 Å². The second-order valence-electron chi connectivity index (χ2n) is 6.92. The Morgan fingerprint density at radius 1 is 1.32 bits per heavy atom. The molecule has 0 aromatic carbocycles. The summed E-state index contributed by atoms with van der Waals surface area (Å²) >= 11 is 0. The number of nitrogen functional groups attached to an aromatic ring is 1. The fraction of sp³-hybridized carbons (Fsp3) is 0.200. The lowest BCUT2D eigenvalue weighted by molar-refractivity contribution is 0.611. The molecule has 0 spiro atoms. The topological polar surface area (TPSA) is 112 Å². The average molecular weight is 370 g/mol. The standard InChI is InChI=1S/C20H18N8/c1-12-3-2-7-28-16(12)9-15(26-28)19-18-14(23-11-24-18)6-8-27(19)17-5-4-13(10-21)20(22)25-17/h2-5,7,9,11,19H,6,8H2,1H3,(H2,22,25)(H,23,24)/t19-/m0/s1. The summed E-state index contributed by atoms with van der Waals surface area (Å²) in [7, 11) is 0. The zero-order chi connectivity index (χ0) is 19.3. The zero-order valence-corrected chi connectivity index (χ0v) is 15.3. The number of nitrogens with zero attached hydrogens (tertiary/aromatic N) is 6. The van der Waals surface area contributed by atoms with Crippen LogP contribution in [0.25, 0.3) is 5.52 Å². The van der Waals surface area contributed by atoms with E-state index in [4.69, 9.17) is 16.1 Å². The lowest BCUT2D eigenvalue weighted by Crippen LogP contribution is -2.37. The molecule has 0 radical (unpaired) electrons. The molecule has 3 N–H and O–H groups in total. The second-order valence-corrected chi connectivity index (χ2v) is 6.92. The van der Waals surface area contributed by atoms with E-state index in [-0.39, 0.29) is 11.9 Å². The Hall–Kier alpha value is -3.86. The molecule has 0 bridgehead atoms. The predicted octanol–water partition coefficient (Wildman–Crippen LogP) is 2.37. The second kappa shape index (κ2) is 6.09. The quantitative estimate of drug-likeness (QED) is 0.560. The number of nitrogens with one attached hydrogen (secondary N) is 1. The summed E-state index contributed by atoms with van der Waals surface area (Å²) in [6.07, 6.45) is 4.49. The van der Waals surface area contributed by atoms with Crippen molar-refractivity contribution in [3.63, 3.8) is 0 Å². The third-order valence-electron chi connectivity index (χ3n) is 5.26. The lowest BCUT2D eigenvalue weighted by Gasteiger charge is -2.35. The molecule has 0 fully saturated rings. The summed E-state index contributed by atoms with van der Waals surface area (Å²) < 4.78 is 1.89. The van der Waals surface area contributed by atoms with Crippen molar-refractivity contribution in [3.8, 4) is 6.07 Å². The average Bonchev–Trinajstić information content (AvgIpc) is 3.34. The summed E-state index contributed by atoms with van der Waals surface area (Å²) in [5.74, 6) is 0.946. The van der Waals surface area contributed by atoms with Gasteiger partial charge in [0, 0.05) is 24.9 Å². The molecule has 28 heavy (non-hydrogen) atoms. The summed E-state index contributed by atoms with van der Waals surface area (Å²) in [6, 6.07) is 11.6. The van der Waals surface area contributed by atoms with Crippen LogP contribution in [0.4, 0.5) is 11.6 Å². The molecule has 1 aliphatic heterocycles. The Morgan fingerprint density at radius 2 is 2.21 bits per heavy atom. The summed E-state index contributed by atoms with van der Waals surface area (Å²) in [6.45, 7) is 2.81. The minimum atomic E-state index is -0.186. The number of fused-ring (bicyclic) bond motifs is 2. The molecule has 5 rings (SSSR count). The van der Waals surface area contributed by atoms with Gasteiger partial charge in [-0.3, -0.25) is 0 Å². The number of nitriles is 1. The summed E-state index contributed by atoms with van der Waals surface area (Å²) in [4.78, 5) is 14.5. The minimum Gasteiger partial charge on any atom is -0.383 e. The van der Waals surface area contributed by atoms with Gasteiger partial charge in [0.2, 0.25) is 0 Å². The normalized spacial score (nSPS) is 16.1. The molecule has 1 aliphatic rings. The fourth-order valence-corrected chi connectivity index (χ4v) is 3.85. The van der Waals surface area contributed by atoms with E-state index in [1.807, 2.05) is 22.8 Å². The fourth-order valence-electron chi connectivity index (χ4n) is 3.85. The van der Waals surface area contributed by atoms with E-state index in [1.165, 1.54) is 0 Å². The first-order valence-corrected chi connectivity index (χ1v) is 9.06. The van der Waals surface area contributed by atoms with Gasteiger partial charge in [-0.2, -0.15) is 10.4 Å². The van der Waals surface area contributed by atoms with Crippen LogP contribution in [0.5, 0.6) is 0 Å². The van der Waals surface area contributed by atoms with Crippen LogP contribution in [0.2, 0.25) is 0 Å². The molecule has 5 heterocycles. The summed E-state index contributed by atoms with van der Waals surface area (Å²) in [5.41, 5.74) is 11.5. The van der Waals surface area contributed by atoms with Crippen LogP contribution < -0.4 is 10.6 Å². The smallest absolute Gasteiger partial charge is 0.143 e. The SMILES string of the molecule is Cc1cccn2nc([C@H]3c4nc[nH]c4CCN3c3ccc(C#N)c(N)n3)cc12. The van der Waals surface area contributed by atoms with Gasteiger partial charge in [-0.25, -0.2) is 14.5 Å². The van der Waals surface area contributed by atoms with Crippen molar-refractivity contribution in [1.82, 2.24) is 24.6 Å². The van der Waals surface area contributed by atoms with E-state index in [1.54, 1.807) is 12.4 Å². The molecular formula is C20H18N8. The van der Waals surface area contributed by atoms with Crippen molar-refractivity contribution in [3.05, 3.63) is 71.1 Å². The van der Waals surface area contributed by atoms with Crippen LogP contribution >= 0.6 is 0 Å². The monoisotopic (exact) mass is 370 g/mol. The molecule has 0 saturated heterocycles. The van der Waals surface area contributed by atoms with Crippen molar-refractivity contribution in [1.29, 1.82) is 5.26 Å². The number of aryl methyl sites for hydroxylation is 1. The first kappa shape index (κ1) is 16.3. The Morgan fingerprint density at radius 3 is 3.00 bits per heavy atom. The molecule has 8 nitrogen and oxygen atoms in total. The van der Waals surface area contributed by atoms with Crippen LogP contribution in [0, 0.1) is 18.3 Å². The number of hydrogen-bond donors (Lipinski definition) is 2. The number of anilines is 2. The van der Waals surface area contributed by atoms with E-state index in [9.17, 15) is 0 Å². The number of nitrogens with two attached hydrogens (primary N) is 1. The maximum absolute atomic E-state index is 9.15. The minimum absolute atomic E-state index is 0.186. The molecule has 138 valence electrons. The highest BCUT2D eigenvalue weighted by atomic mass is 15.3. The van der Waals surface area contributed by atoms with Crippen LogP contribution in [0.15, 0.2) is 42.9 Å². The van der Waals surface area contributed by atoms with Crippen LogP contribution in [-0.2, 0) is 6.42 Å². The van der Waals surface area contributed by atoms with Crippen molar-refractivity contribution in [2.75, 3.05) is 17.2 Å². The molecular weight excluding hydrogens is 352 g/mol. The predicted molar refractivity (Wildman–Crippen MR) is 105 cm³/mol. The van der Waals surface area contributed by atoms with Gasteiger partial charge in [-0.05, 0) is 36.8 Å². The highest BCUT2D eigenvalue weighted by molar-refractivity contribution is 5.60. The third-order valence-corrected chi connectivity index (χ3v) is 5.26. The number of aromatic amines is 1. The zero-order valence-electron chi connectivity index (χ0n) is 15.3. The van der Waals surface area contributed by atoms with Crippen LogP contribution in [0.1, 0.15) is 34.3 Å². The molecule has 0 saturated carbocycles. The van der Waals surface area contributed by atoms with E-state index in [0.29, 0.717) is 11.4 Å². The van der Waals surface area contributed by atoms with Gasteiger partial charge >= 0.3 is 0 Å². The maximum Gasteiger partial charge on any atom is 0.143 e. The Balaban J connectivity index is 1.67. The number of H-pyrrole nitrogens is 1. The van der Waals surface area contributed by atoms with E-state index < -0.39 is 0 Å². The molecule has 4 aromatic rings. The molecule has 0 aliphatic carbocycles. The first-order valence-electron chi connectivity index (χ1n) is 9.06. The molecule has 1 atom stereocenters. The number of aromatic nitrogens is 5. The van der Waals surface area contributed by atoms with Gasteiger partial charge in [-0.1, -0.05) is 6.07 Å². The highest BCUT2D eigenvalue weighted by Crippen LogP contribution is 2.36. The van der Waals surface area contributed by atoms with Gasteiger partial charge in [0.15, 0.2) is 0 Å². The van der Waals surface area contributed by atoms with Gasteiger partial charge < -0.3 is 15.6 Å². The van der Waals surface area contributed by atoms with Crippen LogP contribution in [-0.4, -0.2) is 31.1 Å². The van der Waals surface area contributed by atoms with Gasteiger partial charge in [-0.15, -0.1) is 0 Å². The summed E-state index contributed by atoms with van der Waals surface area (Å²) in [5, 5.41) is 14.0. The van der Waals surface area contributed by atoms with E-state index in [0.717, 1.165) is 41.1 Å². The number of rotatable bonds is 2. The number of imidazole rings is 1. The Labute approximate surface area is 161 Å². The largest absolute Gasteiger partial charge is 0.383 e. The number of pyridine rings is 2.